The van der Waals surface area contributed by atoms with Crippen LogP contribution in [0.25, 0.3) is 0 Å². The van der Waals surface area contributed by atoms with E-state index in [0.717, 1.165) is 49.1 Å². The summed E-state index contributed by atoms with van der Waals surface area (Å²) < 4.78 is 12.1. The monoisotopic (exact) mass is 463 g/mol. The molecule has 34 heavy (non-hydrogen) atoms. The molecule has 1 aliphatic carbocycles. The molecular formula is C27H33N3O4. The van der Waals surface area contributed by atoms with E-state index in [9.17, 15) is 9.59 Å². The van der Waals surface area contributed by atoms with Crippen LogP contribution in [0.3, 0.4) is 0 Å². The van der Waals surface area contributed by atoms with E-state index < -0.39 is 6.04 Å². The zero-order chi connectivity index (χ0) is 23.5. The van der Waals surface area contributed by atoms with Crippen molar-refractivity contribution >= 4 is 17.5 Å². The summed E-state index contributed by atoms with van der Waals surface area (Å²) in [5.74, 6) is 2.34. The first-order valence-corrected chi connectivity index (χ1v) is 12.4. The molecule has 0 bridgehead atoms. The van der Waals surface area contributed by atoms with Crippen LogP contribution in [0.15, 0.2) is 48.5 Å². The summed E-state index contributed by atoms with van der Waals surface area (Å²) in [4.78, 5) is 26.0. The number of anilines is 1. The highest BCUT2D eigenvalue weighted by molar-refractivity contribution is 5.90. The Kier molecular flexibility index (Phi) is 6.61. The summed E-state index contributed by atoms with van der Waals surface area (Å²) in [5.41, 5.74) is 2.20. The molecular weight excluding hydrogens is 430 g/mol. The van der Waals surface area contributed by atoms with Gasteiger partial charge in [0.2, 0.25) is 11.8 Å². The Bertz CT molecular complexity index is 1000. The lowest BCUT2D eigenvalue weighted by Crippen LogP contribution is -2.42. The molecule has 2 heterocycles. The normalized spacial score (nSPS) is 22.9. The molecule has 3 atom stereocenters. The van der Waals surface area contributed by atoms with Crippen LogP contribution in [0.4, 0.5) is 5.69 Å². The fourth-order valence-corrected chi connectivity index (χ4v) is 4.55. The van der Waals surface area contributed by atoms with Crippen LogP contribution in [0.1, 0.15) is 50.6 Å². The molecule has 2 saturated heterocycles. The molecule has 0 spiro atoms. The van der Waals surface area contributed by atoms with Crippen molar-refractivity contribution in [2.24, 2.45) is 5.92 Å². The van der Waals surface area contributed by atoms with Crippen LogP contribution >= 0.6 is 0 Å². The molecule has 2 aliphatic heterocycles. The highest BCUT2D eigenvalue weighted by Gasteiger charge is 2.28. The third-order valence-corrected chi connectivity index (χ3v) is 6.88. The smallest absolute Gasteiger partial charge is 0.243 e. The molecule has 3 aliphatic rings. The number of carbonyl (C=O) groups is 2. The standard InChI is InChI=1S/C27H33N3O4/c1-18(28-27(32)25-12-13-26(31)29-25)20-4-8-23(9-5-20)34-24-14-15-30(16-24)21-6-10-22(11-7-21)33-17-19-2-3-19/h4-11,18-19,24-25H,2-3,12-17H2,1H3,(H,28,32)(H,29,31). The van der Waals surface area contributed by atoms with Gasteiger partial charge in [0.05, 0.1) is 19.2 Å². The van der Waals surface area contributed by atoms with Crippen LogP contribution in [-0.4, -0.2) is 43.7 Å². The summed E-state index contributed by atoms with van der Waals surface area (Å²) in [6, 6.07) is 15.7. The number of nitrogens with one attached hydrogen (secondary N) is 2. The van der Waals surface area contributed by atoms with Crippen molar-refractivity contribution in [3.8, 4) is 11.5 Å². The number of rotatable bonds is 9. The number of carbonyl (C=O) groups excluding carboxylic acids is 2. The molecule has 2 N–H and O–H groups in total. The van der Waals surface area contributed by atoms with E-state index in [-0.39, 0.29) is 24.0 Å². The molecule has 0 aromatic heterocycles. The topological polar surface area (TPSA) is 79.9 Å². The predicted molar refractivity (Wildman–Crippen MR) is 130 cm³/mol. The average molecular weight is 464 g/mol. The minimum absolute atomic E-state index is 0.0605. The second kappa shape index (κ2) is 9.95. The summed E-state index contributed by atoms with van der Waals surface area (Å²) in [5, 5.41) is 5.69. The third-order valence-electron chi connectivity index (χ3n) is 6.88. The van der Waals surface area contributed by atoms with E-state index in [2.05, 4.69) is 39.8 Å². The Hall–Kier alpha value is -3.22. The van der Waals surface area contributed by atoms with Gasteiger partial charge in [0.1, 0.15) is 23.6 Å². The number of nitrogens with zero attached hydrogens (tertiary/aromatic N) is 1. The van der Waals surface area contributed by atoms with Crippen molar-refractivity contribution in [1.82, 2.24) is 10.6 Å². The largest absolute Gasteiger partial charge is 0.493 e. The Labute approximate surface area is 200 Å². The van der Waals surface area contributed by atoms with E-state index in [1.165, 1.54) is 18.5 Å². The summed E-state index contributed by atoms with van der Waals surface area (Å²) in [6.07, 6.45) is 4.68. The van der Waals surface area contributed by atoms with Crippen molar-refractivity contribution in [3.05, 3.63) is 54.1 Å². The minimum atomic E-state index is -0.422. The molecule has 3 unspecified atom stereocenters. The first-order chi connectivity index (χ1) is 16.5. The maximum Gasteiger partial charge on any atom is 0.243 e. The lowest BCUT2D eigenvalue weighted by atomic mass is 10.1. The van der Waals surface area contributed by atoms with Crippen LogP contribution in [0, 0.1) is 5.92 Å². The first-order valence-electron chi connectivity index (χ1n) is 12.4. The molecule has 180 valence electrons. The number of hydrogen-bond donors (Lipinski definition) is 2. The van der Waals surface area contributed by atoms with E-state index in [0.29, 0.717) is 12.8 Å². The molecule has 7 heteroatoms. The van der Waals surface area contributed by atoms with Gasteiger partial charge in [-0.15, -0.1) is 0 Å². The van der Waals surface area contributed by atoms with E-state index in [1.807, 2.05) is 31.2 Å². The van der Waals surface area contributed by atoms with Crippen LogP contribution in [0.2, 0.25) is 0 Å². The van der Waals surface area contributed by atoms with Gasteiger partial charge in [0.25, 0.3) is 0 Å². The molecule has 1 saturated carbocycles. The fraction of sp³-hybridized carbons (Fsp3) is 0.481. The number of ether oxygens (including phenoxy) is 2. The van der Waals surface area contributed by atoms with Crippen molar-refractivity contribution in [1.29, 1.82) is 0 Å². The van der Waals surface area contributed by atoms with Crippen molar-refractivity contribution in [3.63, 3.8) is 0 Å². The molecule has 0 radical (unpaired) electrons. The van der Waals surface area contributed by atoms with Crippen LogP contribution in [-0.2, 0) is 9.59 Å². The first kappa shape index (κ1) is 22.6. The average Bonchev–Trinajstić information content (AvgIpc) is 3.39. The number of benzene rings is 2. The van der Waals surface area contributed by atoms with Gasteiger partial charge in [-0.2, -0.15) is 0 Å². The Morgan fingerprint density at radius 1 is 1.06 bits per heavy atom. The Morgan fingerprint density at radius 2 is 1.79 bits per heavy atom. The minimum Gasteiger partial charge on any atom is -0.493 e. The van der Waals surface area contributed by atoms with Gasteiger partial charge in [-0.05, 0) is 74.1 Å². The molecule has 7 nitrogen and oxygen atoms in total. The van der Waals surface area contributed by atoms with Crippen molar-refractivity contribution < 1.29 is 19.1 Å². The quantitative estimate of drug-likeness (QED) is 0.594. The van der Waals surface area contributed by atoms with E-state index >= 15 is 0 Å². The third kappa shape index (κ3) is 5.64. The van der Waals surface area contributed by atoms with Crippen LogP contribution < -0.4 is 25.0 Å². The predicted octanol–water partition coefficient (Wildman–Crippen LogP) is 3.59. The molecule has 5 rings (SSSR count). The maximum atomic E-state index is 12.3. The van der Waals surface area contributed by atoms with Crippen molar-refractivity contribution in [2.75, 3.05) is 24.6 Å². The van der Waals surface area contributed by atoms with Gasteiger partial charge in [-0.1, -0.05) is 12.1 Å². The van der Waals surface area contributed by atoms with Gasteiger partial charge in [0, 0.05) is 25.1 Å². The molecule has 2 amide bonds. The van der Waals surface area contributed by atoms with E-state index in [4.69, 9.17) is 9.47 Å². The maximum absolute atomic E-state index is 12.3. The van der Waals surface area contributed by atoms with Crippen LogP contribution in [0.5, 0.6) is 11.5 Å². The number of amides is 2. The fourth-order valence-electron chi connectivity index (χ4n) is 4.55. The van der Waals surface area contributed by atoms with Gasteiger partial charge in [-0.25, -0.2) is 0 Å². The van der Waals surface area contributed by atoms with Crippen molar-refractivity contribution in [2.45, 2.75) is 57.2 Å². The SMILES string of the molecule is CC(NC(=O)C1CCC(=O)N1)c1ccc(OC2CCN(c3ccc(OCC4CC4)cc3)C2)cc1. The lowest BCUT2D eigenvalue weighted by molar-refractivity contribution is -0.126. The number of hydrogen-bond acceptors (Lipinski definition) is 5. The Morgan fingerprint density at radius 3 is 2.47 bits per heavy atom. The Balaban J connectivity index is 1.09. The lowest BCUT2D eigenvalue weighted by Gasteiger charge is -2.20. The van der Waals surface area contributed by atoms with Gasteiger partial charge in [0.15, 0.2) is 0 Å². The van der Waals surface area contributed by atoms with Gasteiger partial charge < -0.3 is 25.0 Å². The molecule has 2 aromatic carbocycles. The van der Waals surface area contributed by atoms with Gasteiger partial charge >= 0.3 is 0 Å². The van der Waals surface area contributed by atoms with E-state index in [1.54, 1.807) is 0 Å². The molecule has 2 aromatic rings. The zero-order valence-corrected chi connectivity index (χ0v) is 19.7. The molecule has 3 fully saturated rings. The second-order valence-corrected chi connectivity index (χ2v) is 9.68. The highest BCUT2D eigenvalue weighted by Crippen LogP contribution is 2.30. The second-order valence-electron chi connectivity index (χ2n) is 9.68. The zero-order valence-electron chi connectivity index (χ0n) is 19.7. The van der Waals surface area contributed by atoms with Gasteiger partial charge in [-0.3, -0.25) is 9.59 Å². The summed E-state index contributed by atoms with van der Waals surface area (Å²) >= 11 is 0. The summed E-state index contributed by atoms with van der Waals surface area (Å²) in [6.45, 7) is 4.60. The summed E-state index contributed by atoms with van der Waals surface area (Å²) in [7, 11) is 0. The highest BCUT2D eigenvalue weighted by atomic mass is 16.5.